The highest BCUT2D eigenvalue weighted by Gasteiger charge is 2.26. The Morgan fingerprint density at radius 3 is 2.91 bits per heavy atom. The summed E-state index contributed by atoms with van der Waals surface area (Å²) in [6.07, 6.45) is 8.37. The standard InChI is InChI=1S/C20H16ClN9O3/c1-10(12-5-13(21)14-8-22-9-29(14)16(12)11-6-24-25-7-11)26-19(31)15-17(27-20(32)33)28-30-4-2-3-23-18(15)30/h2-10H,1H3,(H,24,25)(H,26,31)(H,27,28)(H,32,33). The Labute approximate surface area is 190 Å². The molecule has 0 spiro atoms. The number of fused-ring (bicyclic) bond motifs is 2. The Bertz CT molecular complexity index is 1510. The van der Waals surface area contributed by atoms with Gasteiger partial charge in [0.15, 0.2) is 11.5 Å². The third-order valence-corrected chi connectivity index (χ3v) is 5.42. The van der Waals surface area contributed by atoms with Crippen LogP contribution in [0, 0.1) is 0 Å². The highest BCUT2D eigenvalue weighted by molar-refractivity contribution is 6.34. The quantitative estimate of drug-likeness (QED) is 0.311. The van der Waals surface area contributed by atoms with E-state index in [-0.39, 0.29) is 17.0 Å². The fourth-order valence-corrected chi connectivity index (χ4v) is 3.97. The number of carbonyl (C=O) groups excluding carboxylic acids is 1. The van der Waals surface area contributed by atoms with Crippen molar-refractivity contribution in [2.75, 3.05) is 5.32 Å². The van der Waals surface area contributed by atoms with Crippen molar-refractivity contribution in [1.82, 2.24) is 39.5 Å². The number of imidazole rings is 1. The second kappa shape index (κ2) is 7.91. The van der Waals surface area contributed by atoms with Gasteiger partial charge in [0.1, 0.15) is 5.56 Å². The van der Waals surface area contributed by atoms with E-state index in [1.165, 1.54) is 10.7 Å². The molecule has 0 aliphatic heterocycles. The second-order valence-electron chi connectivity index (χ2n) is 7.17. The molecular weight excluding hydrogens is 450 g/mol. The molecule has 0 aromatic carbocycles. The summed E-state index contributed by atoms with van der Waals surface area (Å²) in [5.74, 6) is -0.677. The van der Waals surface area contributed by atoms with Gasteiger partial charge in [-0.3, -0.25) is 19.6 Å². The van der Waals surface area contributed by atoms with Crippen LogP contribution in [-0.4, -0.2) is 51.3 Å². The number of aromatic nitrogens is 7. The Morgan fingerprint density at radius 1 is 1.30 bits per heavy atom. The number of nitrogens with zero attached hydrogens (tertiary/aromatic N) is 6. The summed E-state index contributed by atoms with van der Waals surface area (Å²) >= 11 is 6.48. The molecule has 0 saturated heterocycles. The molecule has 0 aliphatic carbocycles. The summed E-state index contributed by atoms with van der Waals surface area (Å²) in [5, 5.41) is 25.6. The predicted molar refractivity (Wildman–Crippen MR) is 118 cm³/mol. The molecule has 2 amide bonds. The van der Waals surface area contributed by atoms with Crippen molar-refractivity contribution in [2.24, 2.45) is 0 Å². The molecule has 33 heavy (non-hydrogen) atoms. The van der Waals surface area contributed by atoms with Gasteiger partial charge in [-0.2, -0.15) is 5.10 Å². The molecule has 5 aromatic rings. The molecule has 166 valence electrons. The molecule has 0 bridgehead atoms. The fraction of sp³-hybridized carbons (Fsp3) is 0.100. The predicted octanol–water partition coefficient (Wildman–Crippen LogP) is 3.00. The van der Waals surface area contributed by atoms with Crippen molar-refractivity contribution in [1.29, 1.82) is 0 Å². The number of pyridine rings is 1. The molecule has 5 aromatic heterocycles. The first-order valence-corrected chi connectivity index (χ1v) is 10.1. The first kappa shape index (κ1) is 20.5. The molecule has 5 rings (SSSR count). The van der Waals surface area contributed by atoms with Gasteiger partial charge in [0.2, 0.25) is 0 Å². The first-order valence-electron chi connectivity index (χ1n) is 9.72. The maximum Gasteiger partial charge on any atom is 0.410 e. The number of H-pyrrole nitrogens is 1. The highest BCUT2D eigenvalue weighted by Crippen LogP contribution is 2.33. The molecule has 1 unspecified atom stereocenters. The maximum atomic E-state index is 13.3. The largest absolute Gasteiger partial charge is 0.465 e. The van der Waals surface area contributed by atoms with Gasteiger partial charge in [0, 0.05) is 29.7 Å². The van der Waals surface area contributed by atoms with Crippen LogP contribution < -0.4 is 10.6 Å². The summed E-state index contributed by atoms with van der Waals surface area (Å²) in [6, 6.07) is 2.84. The number of nitrogens with one attached hydrogen (secondary N) is 3. The molecule has 5 heterocycles. The lowest BCUT2D eigenvalue weighted by molar-refractivity contribution is 0.0942. The van der Waals surface area contributed by atoms with Gasteiger partial charge in [-0.15, -0.1) is 5.10 Å². The minimum atomic E-state index is -1.35. The molecule has 4 N–H and O–H groups in total. The van der Waals surface area contributed by atoms with Crippen LogP contribution in [0.3, 0.4) is 0 Å². The lowest BCUT2D eigenvalue weighted by atomic mass is 10.0. The van der Waals surface area contributed by atoms with Crippen LogP contribution in [0.2, 0.25) is 5.02 Å². The van der Waals surface area contributed by atoms with E-state index in [0.29, 0.717) is 16.1 Å². The number of anilines is 1. The van der Waals surface area contributed by atoms with E-state index in [9.17, 15) is 9.59 Å². The summed E-state index contributed by atoms with van der Waals surface area (Å²) in [4.78, 5) is 32.9. The maximum absolute atomic E-state index is 13.3. The third-order valence-electron chi connectivity index (χ3n) is 5.11. The van der Waals surface area contributed by atoms with Crippen molar-refractivity contribution < 1.29 is 14.7 Å². The average molecular weight is 466 g/mol. The van der Waals surface area contributed by atoms with Gasteiger partial charge in [0.25, 0.3) is 5.91 Å². The minimum Gasteiger partial charge on any atom is -0.465 e. The number of carboxylic acid groups (broad SMARTS) is 1. The normalized spacial score (nSPS) is 12.2. The Hall–Kier alpha value is -4.45. The number of amides is 2. The molecule has 0 saturated carbocycles. The zero-order chi connectivity index (χ0) is 23.1. The number of halogens is 1. The highest BCUT2D eigenvalue weighted by atomic mass is 35.5. The van der Waals surface area contributed by atoms with Gasteiger partial charge >= 0.3 is 6.09 Å². The molecule has 0 radical (unpaired) electrons. The monoisotopic (exact) mass is 465 g/mol. The van der Waals surface area contributed by atoms with Gasteiger partial charge in [-0.05, 0) is 19.1 Å². The van der Waals surface area contributed by atoms with E-state index in [1.807, 2.05) is 4.40 Å². The number of carbonyl (C=O) groups is 2. The van der Waals surface area contributed by atoms with Crippen LogP contribution in [0.25, 0.3) is 22.4 Å². The Balaban J connectivity index is 1.58. The number of hydrogen-bond acceptors (Lipinski definition) is 6. The van der Waals surface area contributed by atoms with Crippen molar-refractivity contribution in [3.8, 4) is 11.3 Å². The zero-order valence-corrected chi connectivity index (χ0v) is 17.8. The summed E-state index contributed by atoms with van der Waals surface area (Å²) in [7, 11) is 0. The van der Waals surface area contributed by atoms with E-state index in [2.05, 4.69) is 35.9 Å². The van der Waals surface area contributed by atoms with E-state index in [1.54, 1.807) is 50.2 Å². The van der Waals surface area contributed by atoms with Crippen molar-refractivity contribution in [3.63, 3.8) is 0 Å². The van der Waals surface area contributed by atoms with Gasteiger partial charge < -0.3 is 10.4 Å². The molecule has 1 atom stereocenters. The third kappa shape index (κ3) is 3.51. The topological polar surface area (TPSA) is 155 Å². The van der Waals surface area contributed by atoms with Crippen LogP contribution in [0.4, 0.5) is 10.6 Å². The Morgan fingerprint density at radius 2 is 2.15 bits per heavy atom. The van der Waals surface area contributed by atoms with E-state index in [0.717, 1.165) is 11.3 Å². The van der Waals surface area contributed by atoms with Crippen LogP contribution >= 0.6 is 11.6 Å². The van der Waals surface area contributed by atoms with Gasteiger partial charge in [-0.1, -0.05) is 11.6 Å². The number of aromatic amines is 1. The summed E-state index contributed by atoms with van der Waals surface area (Å²) in [5.41, 5.74) is 3.15. The van der Waals surface area contributed by atoms with Crippen molar-refractivity contribution in [2.45, 2.75) is 13.0 Å². The van der Waals surface area contributed by atoms with Gasteiger partial charge in [0.05, 0.1) is 41.0 Å². The van der Waals surface area contributed by atoms with Gasteiger partial charge in [-0.25, -0.2) is 19.3 Å². The van der Waals surface area contributed by atoms with Crippen molar-refractivity contribution >= 4 is 40.6 Å². The minimum absolute atomic E-state index is 0.00418. The van der Waals surface area contributed by atoms with E-state index >= 15 is 0 Å². The zero-order valence-electron chi connectivity index (χ0n) is 17.0. The number of hydrogen-bond donors (Lipinski definition) is 4. The molecule has 12 nitrogen and oxygen atoms in total. The second-order valence-corrected chi connectivity index (χ2v) is 7.58. The van der Waals surface area contributed by atoms with Crippen LogP contribution in [0.1, 0.15) is 28.9 Å². The molecular formula is C20H16ClN9O3. The lowest BCUT2D eigenvalue weighted by Crippen LogP contribution is -2.28. The lowest BCUT2D eigenvalue weighted by Gasteiger charge is -2.19. The van der Waals surface area contributed by atoms with Crippen LogP contribution in [0.5, 0.6) is 0 Å². The van der Waals surface area contributed by atoms with Crippen molar-refractivity contribution in [3.05, 3.63) is 65.6 Å². The van der Waals surface area contributed by atoms with E-state index < -0.39 is 18.0 Å². The first-order chi connectivity index (χ1) is 15.9. The fourth-order valence-electron chi connectivity index (χ4n) is 3.72. The summed E-state index contributed by atoms with van der Waals surface area (Å²) < 4.78 is 3.15. The van der Waals surface area contributed by atoms with E-state index in [4.69, 9.17) is 16.7 Å². The molecule has 0 aliphatic rings. The number of rotatable bonds is 5. The SMILES string of the molecule is CC(NC(=O)c1c(NC(=O)O)nn2cccnc12)c1cc(Cl)c2cncn2c1-c1cn[nH]c1. The summed E-state index contributed by atoms with van der Waals surface area (Å²) in [6.45, 7) is 1.79. The smallest absolute Gasteiger partial charge is 0.410 e. The van der Waals surface area contributed by atoms with Crippen LogP contribution in [-0.2, 0) is 0 Å². The Kier molecular flexibility index (Phi) is 4.90. The molecule has 0 fully saturated rings. The molecule has 13 heteroatoms. The van der Waals surface area contributed by atoms with Crippen LogP contribution in [0.15, 0.2) is 49.4 Å². The average Bonchev–Trinajstić information content (AvgIpc) is 3.52.